The summed E-state index contributed by atoms with van der Waals surface area (Å²) in [5.74, 6) is 0.914. The monoisotopic (exact) mass is 399 g/mol. The number of halogens is 1. The number of nitrogens with zero attached hydrogens (tertiary/aromatic N) is 3. The SMILES string of the molecule is COc1cc(/C=N\N2CCOCC2)cc(Br)c1OCC(=O)N(C)C. The molecule has 0 unspecified atom stereocenters. The van der Waals surface area contributed by atoms with Crippen molar-refractivity contribution >= 4 is 28.1 Å². The first kappa shape index (κ1) is 18.5. The molecule has 2 rings (SSSR count). The molecule has 0 bridgehead atoms. The Hall–Kier alpha value is -1.80. The molecule has 1 saturated heterocycles. The van der Waals surface area contributed by atoms with Crippen LogP contribution < -0.4 is 9.47 Å². The van der Waals surface area contributed by atoms with E-state index in [0.29, 0.717) is 29.2 Å². The molecular weight excluding hydrogens is 378 g/mol. The lowest BCUT2D eigenvalue weighted by atomic mass is 10.2. The molecule has 0 N–H and O–H groups in total. The van der Waals surface area contributed by atoms with E-state index < -0.39 is 0 Å². The van der Waals surface area contributed by atoms with Crippen LogP contribution in [0.5, 0.6) is 11.5 Å². The van der Waals surface area contributed by atoms with E-state index in [9.17, 15) is 4.79 Å². The first-order valence-corrected chi connectivity index (χ1v) is 8.37. The van der Waals surface area contributed by atoms with Crippen molar-refractivity contribution in [2.45, 2.75) is 0 Å². The lowest BCUT2D eigenvalue weighted by Gasteiger charge is -2.23. The third kappa shape index (κ3) is 5.10. The van der Waals surface area contributed by atoms with Gasteiger partial charge in [-0.05, 0) is 33.6 Å². The summed E-state index contributed by atoms with van der Waals surface area (Å²) in [5.41, 5.74) is 0.872. The Balaban J connectivity index is 2.10. The minimum absolute atomic E-state index is 0.0524. The fraction of sp³-hybridized carbons (Fsp3) is 0.500. The molecule has 1 aliphatic rings. The number of carbonyl (C=O) groups is 1. The summed E-state index contributed by atoms with van der Waals surface area (Å²) in [6.07, 6.45) is 1.77. The van der Waals surface area contributed by atoms with Gasteiger partial charge < -0.3 is 19.1 Å². The van der Waals surface area contributed by atoms with E-state index in [1.165, 1.54) is 4.90 Å². The highest BCUT2D eigenvalue weighted by molar-refractivity contribution is 9.10. The first-order chi connectivity index (χ1) is 11.5. The van der Waals surface area contributed by atoms with Gasteiger partial charge in [0.05, 0.1) is 44.1 Å². The highest BCUT2D eigenvalue weighted by Gasteiger charge is 2.14. The van der Waals surface area contributed by atoms with E-state index in [-0.39, 0.29) is 12.5 Å². The second kappa shape index (κ2) is 8.89. The lowest BCUT2D eigenvalue weighted by molar-refractivity contribution is -0.130. The Morgan fingerprint density at radius 2 is 2.12 bits per heavy atom. The Morgan fingerprint density at radius 1 is 1.42 bits per heavy atom. The highest BCUT2D eigenvalue weighted by Crippen LogP contribution is 2.36. The first-order valence-electron chi connectivity index (χ1n) is 7.58. The summed E-state index contributed by atoms with van der Waals surface area (Å²) >= 11 is 3.47. The largest absolute Gasteiger partial charge is 0.493 e. The zero-order valence-corrected chi connectivity index (χ0v) is 15.7. The molecule has 0 aromatic heterocycles. The predicted molar refractivity (Wildman–Crippen MR) is 94.9 cm³/mol. The van der Waals surface area contributed by atoms with Gasteiger partial charge in [-0.3, -0.25) is 9.80 Å². The normalized spacial score (nSPS) is 14.8. The second-order valence-corrected chi connectivity index (χ2v) is 6.28. The summed E-state index contributed by atoms with van der Waals surface area (Å²) in [4.78, 5) is 13.2. The molecule has 132 valence electrons. The number of morpholine rings is 1. The van der Waals surface area contributed by atoms with Gasteiger partial charge >= 0.3 is 0 Å². The molecule has 1 aromatic rings. The Labute approximate surface area is 150 Å². The molecule has 0 saturated carbocycles. The fourth-order valence-corrected chi connectivity index (χ4v) is 2.61. The van der Waals surface area contributed by atoms with Crippen LogP contribution in [-0.4, -0.2) is 76.1 Å². The fourth-order valence-electron chi connectivity index (χ4n) is 2.03. The highest BCUT2D eigenvalue weighted by atomic mass is 79.9. The summed E-state index contributed by atoms with van der Waals surface area (Å²) in [7, 11) is 4.93. The maximum absolute atomic E-state index is 11.7. The molecule has 8 heteroatoms. The lowest BCUT2D eigenvalue weighted by Crippen LogP contribution is -2.32. The Bertz CT molecular complexity index is 601. The van der Waals surface area contributed by atoms with Crippen LogP contribution in [0.2, 0.25) is 0 Å². The Kier molecular flexibility index (Phi) is 6.86. The minimum atomic E-state index is -0.123. The number of methoxy groups -OCH3 is 1. The summed E-state index contributed by atoms with van der Waals surface area (Å²) in [6.45, 7) is 2.89. The van der Waals surface area contributed by atoms with Gasteiger partial charge in [0.2, 0.25) is 0 Å². The zero-order valence-electron chi connectivity index (χ0n) is 14.1. The van der Waals surface area contributed by atoms with Gasteiger partial charge in [-0.15, -0.1) is 0 Å². The van der Waals surface area contributed by atoms with Crippen molar-refractivity contribution in [1.29, 1.82) is 0 Å². The van der Waals surface area contributed by atoms with Crippen LogP contribution >= 0.6 is 15.9 Å². The van der Waals surface area contributed by atoms with Gasteiger partial charge in [0.1, 0.15) is 0 Å². The predicted octanol–water partition coefficient (Wildman–Crippen LogP) is 1.59. The van der Waals surface area contributed by atoms with Gasteiger partial charge in [0.15, 0.2) is 18.1 Å². The van der Waals surface area contributed by atoms with Crippen molar-refractivity contribution in [2.24, 2.45) is 5.10 Å². The molecule has 0 radical (unpaired) electrons. The summed E-state index contributed by atoms with van der Waals surface area (Å²) in [6, 6.07) is 3.70. The van der Waals surface area contributed by atoms with Crippen LogP contribution in [0.4, 0.5) is 0 Å². The van der Waals surface area contributed by atoms with Crippen molar-refractivity contribution in [3.63, 3.8) is 0 Å². The van der Waals surface area contributed by atoms with Crippen molar-refractivity contribution in [2.75, 3.05) is 54.1 Å². The maximum atomic E-state index is 11.7. The zero-order chi connectivity index (χ0) is 17.5. The van der Waals surface area contributed by atoms with Crippen molar-refractivity contribution < 1.29 is 19.0 Å². The number of carbonyl (C=O) groups excluding carboxylic acids is 1. The molecule has 24 heavy (non-hydrogen) atoms. The number of ether oxygens (including phenoxy) is 3. The average molecular weight is 400 g/mol. The van der Waals surface area contributed by atoms with E-state index in [0.717, 1.165) is 18.7 Å². The molecular formula is C16H22BrN3O4. The number of likely N-dealkylation sites (N-methyl/N-ethyl adjacent to an activating group) is 1. The number of hydrogen-bond donors (Lipinski definition) is 0. The molecule has 1 heterocycles. The molecule has 0 aliphatic carbocycles. The smallest absolute Gasteiger partial charge is 0.259 e. The number of amides is 1. The number of hydrazone groups is 1. The van der Waals surface area contributed by atoms with E-state index >= 15 is 0 Å². The molecule has 0 atom stereocenters. The van der Waals surface area contributed by atoms with E-state index in [4.69, 9.17) is 14.2 Å². The third-order valence-corrected chi connectivity index (χ3v) is 4.04. The molecule has 7 nitrogen and oxygen atoms in total. The van der Waals surface area contributed by atoms with Gasteiger partial charge in [0, 0.05) is 14.1 Å². The van der Waals surface area contributed by atoms with E-state index in [1.807, 2.05) is 17.1 Å². The van der Waals surface area contributed by atoms with Crippen LogP contribution in [0.3, 0.4) is 0 Å². The van der Waals surface area contributed by atoms with Crippen LogP contribution in [0.25, 0.3) is 0 Å². The molecule has 1 aromatic carbocycles. The standard InChI is InChI=1S/C16H22BrN3O4/c1-19(2)15(21)11-24-16-13(17)8-12(9-14(16)22-3)10-18-20-4-6-23-7-5-20/h8-10H,4-7,11H2,1-3H3/b18-10-. The number of rotatable bonds is 6. The summed E-state index contributed by atoms with van der Waals surface area (Å²) < 4.78 is 17.0. The van der Waals surface area contributed by atoms with Crippen molar-refractivity contribution in [3.8, 4) is 11.5 Å². The quantitative estimate of drug-likeness (QED) is 0.679. The van der Waals surface area contributed by atoms with Crippen LogP contribution in [0.1, 0.15) is 5.56 Å². The molecule has 0 spiro atoms. The number of hydrogen-bond acceptors (Lipinski definition) is 6. The van der Waals surface area contributed by atoms with Gasteiger partial charge in [-0.25, -0.2) is 0 Å². The van der Waals surface area contributed by atoms with Crippen LogP contribution in [0.15, 0.2) is 21.7 Å². The number of benzene rings is 1. The molecule has 1 amide bonds. The van der Waals surface area contributed by atoms with Gasteiger partial charge in [-0.1, -0.05) is 0 Å². The molecule has 1 fully saturated rings. The molecule has 1 aliphatic heterocycles. The average Bonchev–Trinajstić information content (AvgIpc) is 2.59. The second-order valence-electron chi connectivity index (χ2n) is 5.42. The van der Waals surface area contributed by atoms with Crippen molar-refractivity contribution in [1.82, 2.24) is 9.91 Å². The van der Waals surface area contributed by atoms with Gasteiger partial charge in [0.25, 0.3) is 5.91 Å². The minimum Gasteiger partial charge on any atom is -0.493 e. The third-order valence-electron chi connectivity index (χ3n) is 3.45. The Morgan fingerprint density at radius 3 is 2.75 bits per heavy atom. The topological polar surface area (TPSA) is 63.6 Å². The van der Waals surface area contributed by atoms with Crippen LogP contribution in [0, 0.1) is 0 Å². The van der Waals surface area contributed by atoms with E-state index in [1.54, 1.807) is 27.4 Å². The van der Waals surface area contributed by atoms with Crippen molar-refractivity contribution in [3.05, 3.63) is 22.2 Å². The van der Waals surface area contributed by atoms with Gasteiger partial charge in [-0.2, -0.15) is 5.10 Å². The van der Waals surface area contributed by atoms with E-state index in [2.05, 4.69) is 21.0 Å². The summed E-state index contributed by atoms with van der Waals surface area (Å²) in [5, 5.41) is 6.41. The maximum Gasteiger partial charge on any atom is 0.259 e. The van der Waals surface area contributed by atoms with Crippen LogP contribution in [-0.2, 0) is 9.53 Å².